The number of rotatable bonds is 5. The van der Waals surface area contributed by atoms with Gasteiger partial charge < -0.3 is 20.0 Å². The van der Waals surface area contributed by atoms with Gasteiger partial charge in [-0.05, 0) is 56.8 Å². The molecule has 2 aliphatic heterocycles. The van der Waals surface area contributed by atoms with E-state index in [1.54, 1.807) is 30.1 Å². The first-order valence-electron chi connectivity index (χ1n) is 12.5. The summed E-state index contributed by atoms with van der Waals surface area (Å²) in [5.74, 6) is 0.705. The molecule has 2 fully saturated rings. The van der Waals surface area contributed by atoms with E-state index in [9.17, 15) is 4.79 Å². The Labute approximate surface area is 207 Å². The number of nitrogens with zero attached hydrogens (tertiary/aromatic N) is 6. The van der Waals surface area contributed by atoms with Crippen molar-refractivity contribution in [2.75, 3.05) is 56.6 Å². The maximum Gasteiger partial charge on any atom is 0.255 e. The molecule has 0 bridgehead atoms. The van der Waals surface area contributed by atoms with E-state index < -0.39 is 0 Å². The minimum absolute atomic E-state index is 0.0562. The lowest BCUT2D eigenvalue weighted by Crippen LogP contribution is -2.47. The summed E-state index contributed by atoms with van der Waals surface area (Å²) in [7, 11) is 6.16. The molecule has 35 heavy (non-hydrogen) atoms. The van der Waals surface area contributed by atoms with Crippen LogP contribution in [0.15, 0.2) is 59.7 Å². The minimum atomic E-state index is -0.0562. The average molecular weight is 474 g/mol. The first-order chi connectivity index (χ1) is 17.0. The summed E-state index contributed by atoms with van der Waals surface area (Å²) in [5.41, 5.74) is 4.09. The van der Waals surface area contributed by atoms with Gasteiger partial charge in [-0.3, -0.25) is 14.3 Å². The smallest absolute Gasteiger partial charge is 0.255 e. The van der Waals surface area contributed by atoms with Crippen LogP contribution in [-0.4, -0.2) is 72.3 Å². The van der Waals surface area contributed by atoms with E-state index in [1.807, 2.05) is 12.1 Å². The fraction of sp³-hybridized carbons (Fsp3) is 0.444. The third kappa shape index (κ3) is 5.09. The van der Waals surface area contributed by atoms with Crippen LogP contribution in [0.1, 0.15) is 24.4 Å². The molecule has 8 heteroatoms. The van der Waals surface area contributed by atoms with Crippen LogP contribution in [0.5, 0.6) is 0 Å². The third-order valence-corrected chi connectivity index (χ3v) is 7.40. The monoisotopic (exact) mass is 473 g/mol. The van der Waals surface area contributed by atoms with Crippen LogP contribution in [0.2, 0.25) is 0 Å². The summed E-state index contributed by atoms with van der Waals surface area (Å²) in [6.45, 7) is 4.60. The lowest BCUT2D eigenvalue weighted by molar-refractivity contribution is 0.249. The van der Waals surface area contributed by atoms with Gasteiger partial charge >= 0.3 is 0 Å². The van der Waals surface area contributed by atoms with E-state index in [4.69, 9.17) is 4.98 Å². The normalized spacial score (nSPS) is 19.4. The van der Waals surface area contributed by atoms with E-state index in [2.05, 4.69) is 63.4 Å². The highest BCUT2D eigenvalue weighted by Gasteiger charge is 2.25. The molecule has 2 aliphatic rings. The highest BCUT2D eigenvalue weighted by molar-refractivity contribution is 5.59. The van der Waals surface area contributed by atoms with Crippen LogP contribution < -0.4 is 20.7 Å². The molecule has 8 nitrogen and oxygen atoms in total. The van der Waals surface area contributed by atoms with Gasteiger partial charge in [-0.1, -0.05) is 12.1 Å². The molecule has 2 saturated heterocycles. The first-order valence-corrected chi connectivity index (χ1v) is 12.5. The van der Waals surface area contributed by atoms with Gasteiger partial charge in [0.15, 0.2) is 0 Å². The molecule has 0 radical (unpaired) electrons. The van der Waals surface area contributed by atoms with Gasteiger partial charge in [0.2, 0.25) is 5.95 Å². The number of pyridine rings is 1. The summed E-state index contributed by atoms with van der Waals surface area (Å²) >= 11 is 0. The van der Waals surface area contributed by atoms with Crippen molar-refractivity contribution in [2.45, 2.75) is 24.9 Å². The van der Waals surface area contributed by atoms with Crippen molar-refractivity contribution >= 4 is 11.6 Å². The number of piperazine rings is 1. The molecule has 184 valence electrons. The zero-order valence-corrected chi connectivity index (χ0v) is 20.9. The number of hydrogen-bond donors (Lipinski definition) is 1. The number of anilines is 2. The number of nitrogens with one attached hydrogen (secondary N) is 1. The Kier molecular flexibility index (Phi) is 6.83. The molecular weight excluding hydrogens is 438 g/mol. The zero-order chi connectivity index (χ0) is 24.4. The number of benzene rings is 1. The molecule has 0 spiro atoms. The predicted octanol–water partition coefficient (Wildman–Crippen LogP) is 2.52. The zero-order valence-electron chi connectivity index (χ0n) is 20.9. The van der Waals surface area contributed by atoms with Gasteiger partial charge in [0.25, 0.3) is 5.56 Å². The molecular formula is C27H35N7O. The average Bonchev–Trinajstić information content (AvgIpc) is 2.91. The van der Waals surface area contributed by atoms with Crippen molar-refractivity contribution in [1.82, 2.24) is 24.8 Å². The molecule has 1 N–H and O–H groups in total. The SMILES string of the molecule is CN(C)C1CCN(c2ccc([C@H]3CN(c4nc(-c5ccncc5)cc(=O)n4C)CCN3)cc2)CC1. The Bertz CT molecular complexity index is 1180. The third-order valence-electron chi connectivity index (χ3n) is 7.40. The predicted molar refractivity (Wildman–Crippen MR) is 141 cm³/mol. The minimum Gasteiger partial charge on any atom is -0.371 e. The molecule has 0 aliphatic carbocycles. The molecule has 1 aromatic carbocycles. The highest BCUT2D eigenvalue weighted by atomic mass is 16.1. The van der Waals surface area contributed by atoms with Crippen molar-refractivity contribution in [3.05, 3.63) is 70.8 Å². The fourth-order valence-corrected chi connectivity index (χ4v) is 5.19. The Morgan fingerprint density at radius 1 is 0.971 bits per heavy atom. The van der Waals surface area contributed by atoms with Gasteiger partial charge in [0, 0.05) is 81.6 Å². The maximum absolute atomic E-state index is 12.7. The summed E-state index contributed by atoms with van der Waals surface area (Å²) in [6.07, 6.45) is 5.86. The lowest BCUT2D eigenvalue weighted by atomic mass is 10.0. The molecule has 0 unspecified atom stereocenters. The van der Waals surface area contributed by atoms with Crippen molar-refractivity contribution in [1.29, 1.82) is 0 Å². The van der Waals surface area contributed by atoms with E-state index in [-0.39, 0.29) is 11.6 Å². The van der Waals surface area contributed by atoms with E-state index >= 15 is 0 Å². The molecule has 3 aromatic rings. The second kappa shape index (κ2) is 10.2. The van der Waals surface area contributed by atoms with Crippen molar-refractivity contribution < 1.29 is 0 Å². The van der Waals surface area contributed by atoms with Gasteiger partial charge in [-0.2, -0.15) is 0 Å². The lowest BCUT2D eigenvalue weighted by Gasteiger charge is -2.37. The number of aromatic nitrogens is 3. The van der Waals surface area contributed by atoms with E-state index in [1.165, 1.54) is 24.1 Å². The Balaban J connectivity index is 1.31. The molecule has 0 saturated carbocycles. The molecule has 4 heterocycles. The Morgan fingerprint density at radius 3 is 2.37 bits per heavy atom. The van der Waals surface area contributed by atoms with E-state index in [0.717, 1.165) is 38.3 Å². The summed E-state index contributed by atoms with van der Waals surface area (Å²) in [4.78, 5) is 28.7. The molecule has 2 aromatic heterocycles. The largest absolute Gasteiger partial charge is 0.371 e. The molecule has 0 amide bonds. The second-order valence-electron chi connectivity index (χ2n) is 9.80. The van der Waals surface area contributed by atoms with Crippen LogP contribution in [0.4, 0.5) is 11.6 Å². The van der Waals surface area contributed by atoms with Crippen molar-refractivity contribution in [3.8, 4) is 11.3 Å². The van der Waals surface area contributed by atoms with E-state index in [0.29, 0.717) is 17.7 Å². The van der Waals surface area contributed by atoms with Gasteiger partial charge in [-0.25, -0.2) is 4.98 Å². The molecule has 1 atom stereocenters. The Morgan fingerprint density at radius 2 is 1.69 bits per heavy atom. The highest BCUT2D eigenvalue weighted by Crippen LogP contribution is 2.26. The molecule has 5 rings (SSSR count). The Hall–Kier alpha value is -3.23. The van der Waals surface area contributed by atoms with Crippen LogP contribution in [-0.2, 0) is 7.05 Å². The van der Waals surface area contributed by atoms with Crippen LogP contribution in [0.25, 0.3) is 11.3 Å². The summed E-state index contributed by atoms with van der Waals surface area (Å²) in [5, 5.41) is 3.65. The van der Waals surface area contributed by atoms with Crippen LogP contribution >= 0.6 is 0 Å². The maximum atomic E-state index is 12.7. The fourth-order valence-electron chi connectivity index (χ4n) is 5.19. The van der Waals surface area contributed by atoms with Crippen LogP contribution in [0.3, 0.4) is 0 Å². The topological polar surface area (TPSA) is 69.5 Å². The second-order valence-corrected chi connectivity index (χ2v) is 9.80. The summed E-state index contributed by atoms with van der Waals surface area (Å²) < 4.78 is 1.65. The standard InChI is InChI=1S/C27H35N7O/c1-31(2)22-10-15-33(16-11-22)23-6-4-20(5-7-23)25-19-34(17-14-29-25)27-30-24(18-26(35)32(27)3)21-8-12-28-13-9-21/h4-9,12-13,18,22,25,29H,10-11,14-17,19H2,1-3H3/t25-/m1/s1. The van der Waals surface area contributed by atoms with Gasteiger partial charge in [-0.15, -0.1) is 0 Å². The first kappa shape index (κ1) is 23.5. The van der Waals surface area contributed by atoms with Gasteiger partial charge in [0.05, 0.1) is 5.69 Å². The van der Waals surface area contributed by atoms with Gasteiger partial charge in [0.1, 0.15) is 0 Å². The number of hydrogen-bond acceptors (Lipinski definition) is 7. The summed E-state index contributed by atoms with van der Waals surface area (Å²) in [6, 6.07) is 15.2. The quantitative estimate of drug-likeness (QED) is 0.611. The van der Waals surface area contributed by atoms with Crippen LogP contribution in [0, 0.1) is 0 Å². The number of piperidine rings is 1. The van der Waals surface area contributed by atoms with Crippen molar-refractivity contribution in [2.24, 2.45) is 7.05 Å². The van der Waals surface area contributed by atoms with Crippen molar-refractivity contribution in [3.63, 3.8) is 0 Å².